The molecule has 0 bridgehead atoms. The van der Waals surface area contributed by atoms with Gasteiger partial charge in [0.05, 0.1) is 47.6 Å². The first-order chi connectivity index (χ1) is 17.4. The summed E-state index contributed by atoms with van der Waals surface area (Å²) in [6.45, 7) is 2.99. The van der Waals surface area contributed by atoms with Crippen LogP contribution in [0.25, 0.3) is 21.3 Å². The van der Waals surface area contributed by atoms with Gasteiger partial charge in [-0.3, -0.25) is 4.31 Å². The van der Waals surface area contributed by atoms with E-state index < -0.39 is 10.0 Å². The van der Waals surface area contributed by atoms with E-state index in [2.05, 4.69) is 27.3 Å². The summed E-state index contributed by atoms with van der Waals surface area (Å²) in [5.41, 5.74) is 4.92. The quantitative estimate of drug-likeness (QED) is 0.361. The van der Waals surface area contributed by atoms with Crippen LogP contribution in [0.4, 0.5) is 23.0 Å². The first kappa shape index (κ1) is 24.0. The van der Waals surface area contributed by atoms with E-state index in [1.807, 2.05) is 29.6 Å². The van der Waals surface area contributed by atoms with Gasteiger partial charge in [-0.2, -0.15) is 5.26 Å². The number of morpholine rings is 1. The Morgan fingerprint density at radius 2 is 1.97 bits per heavy atom. The third kappa shape index (κ3) is 5.11. The Morgan fingerprint density at radius 3 is 2.69 bits per heavy atom. The predicted molar refractivity (Wildman–Crippen MR) is 143 cm³/mol. The van der Waals surface area contributed by atoms with Crippen LogP contribution in [0.3, 0.4) is 0 Å². The summed E-state index contributed by atoms with van der Waals surface area (Å²) in [5, 5.41) is 14.4. The van der Waals surface area contributed by atoms with Gasteiger partial charge in [-0.25, -0.2) is 18.4 Å². The Morgan fingerprint density at radius 1 is 1.19 bits per heavy atom. The number of nitriles is 1. The molecule has 1 N–H and O–H groups in total. The van der Waals surface area contributed by atoms with E-state index in [0.717, 1.165) is 69.6 Å². The third-order valence-corrected chi connectivity index (χ3v) is 7.92. The minimum Gasteiger partial charge on any atom is -0.378 e. The number of thiophene rings is 1. The summed E-state index contributed by atoms with van der Waals surface area (Å²) in [6.07, 6.45) is 2.87. The monoisotopic (exact) mass is 520 g/mol. The lowest BCUT2D eigenvalue weighted by Gasteiger charge is -2.28. The van der Waals surface area contributed by atoms with E-state index in [9.17, 15) is 8.42 Å². The zero-order chi connectivity index (χ0) is 25.1. The highest BCUT2D eigenvalue weighted by Crippen LogP contribution is 2.35. The second kappa shape index (κ2) is 10.1. The Balaban J connectivity index is 1.42. The number of sulfonamides is 1. The summed E-state index contributed by atoms with van der Waals surface area (Å²) in [5.74, 6) is 0.472. The van der Waals surface area contributed by atoms with Crippen molar-refractivity contribution in [1.82, 2.24) is 9.97 Å². The molecule has 36 heavy (non-hydrogen) atoms. The van der Waals surface area contributed by atoms with E-state index in [1.54, 1.807) is 24.4 Å². The van der Waals surface area contributed by atoms with Gasteiger partial charge in [-0.1, -0.05) is 12.1 Å². The summed E-state index contributed by atoms with van der Waals surface area (Å²) in [6, 6.07) is 17.2. The summed E-state index contributed by atoms with van der Waals surface area (Å²) in [4.78, 5) is 11.5. The van der Waals surface area contributed by atoms with E-state index >= 15 is 0 Å². The van der Waals surface area contributed by atoms with Crippen molar-refractivity contribution in [2.45, 2.75) is 0 Å². The lowest BCUT2D eigenvalue weighted by molar-refractivity contribution is 0.122. The highest BCUT2D eigenvalue weighted by atomic mass is 32.2. The maximum atomic E-state index is 12.2. The molecule has 0 radical (unpaired) electrons. The Hall–Kier alpha value is -3.72. The SMILES string of the molecule is CS(=O)(=O)N(CC#N)c1cccc(-c2csc3cnc(Nc4ccc(N5CCOCC5)cc4)nc23)c1. The third-order valence-electron chi connectivity index (χ3n) is 5.87. The normalized spacial score (nSPS) is 13.9. The molecule has 11 heteroatoms. The van der Waals surface area contributed by atoms with Crippen molar-refractivity contribution in [2.24, 2.45) is 0 Å². The molecule has 2 aromatic carbocycles. The van der Waals surface area contributed by atoms with Crippen LogP contribution in [0.5, 0.6) is 0 Å². The Bertz CT molecular complexity index is 1520. The molecule has 2 aromatic heterocycles. The van der Waals surface area contributed by atoms with Gasteiger partial charge in [0, 0.05) is 35.4 Å². The lowest BCUT2D eigenvalue weighted by Crippen LogP contribution is -2.36. The summed E-state index contributed by atoms with van der Waals surface area (Å²) >= 11 is 1.52. The molecule has 5 rings (SSSR count). The Labute approximate surface area is 213 Å². The molecule has 1 aliphatic rings. The van der Waals surface area contributed by atoms with Crippen molar-refractivity contribution in [3.63, 3.8) is 0 Å². The number of anilines is 4. The largest absolute Gasteiger partial charge is 0.378 e. The predicted octanol–water partition coefficient (Wildman–Crippen LogP) is 4.23. The molecule has 0 saturated carbocycles. The summed E-state index contributed by atoms with van der Waals surface area (Å²) in [7, 11) is -3.59. The van der Waals surface area contributed by atoms with Gasteiger partial charge < -0.3 is 15.0 Å². The number of hydrogen-bond acceptors (Lipinski definition) is 9. The number of aromatic nitrogens is 2. The van der Waals surface area contributed by atoms with Crippen molar-refractivity contribution in [1.29, 1.82) is 5.26 Å². The van der Waals surface area contributed by atoms with Crippen molar-refractivity contribution in [3.05, 3.63) is 60.1 Å². The van der Waals surface area contributed by atoms with Crippen LogP contribution in [-0.2, 0) is 14.8 Å². The van der Waals surface area contributed by atoms with Crippen LogP contribution >= 0.6 is 11.3 Å². The van der Waals surface area contributed by atoms with Crippen LogP contribution in [0.1, 0.15) is 0 Å². The van der Waals surface area contributed by atoms with Crippen LogP contribution in [0, 0.1) is 11.3 Å². The number of nitrogens with one attached hydrogen (secondary N) is 1. The second-order valence-electron chi connectivity index (χ2n) is 8.31. The van der Waals surface area contributed by atoms with Gasteiger partial charge in [-0.15, -0.1) is 11.3 Å². The second-order valence-corrected chi connectivity index (χ2v) is 11.1. The van der Waals surface area contributed by atoms with Crippen LogP contribution in [0.2, 0.25) is 0 Å². The van der Waals surface area contributed by atoms with Crippen LogP contribution in [-0.4, -0.2) is 57.5 Å². The molecule has 0 aliphatic carbocycles. The molecule has 1 aliphatic heterocycles. The molecule has 3 heterocycles. The van der Waals surface area contributed by atoms with Gasteiger partial charge in [0.1, 0.15) is 6.54 Å². The molecule has 4 aromatic rings. The average molecular weight is 521 g/mol. The molecule has 1 saturated heterocycles. The molecule has 9 nitrogen and oxygen atoms in total. The zero-order valence-corrected chi connectivity index (χ0v) is 21.2. The van der Waals surface area contributed by atoms with Gasteiger partial charge in [0.2, 0.25) is 16.0 Å². The van der Waals surface area contributed by atoms with E-state index in [1.165, 1.54) is 11.3 Å². The van der Waals surface area contributed by atoms with Crippen LogP contribution in [0.15, 0.2) is 60.1 Å². The van der Waals surface area contributed by atoms with E-state index in [0.29, 0.717) is 11.6 Å². The highest BCUT2D eigenvalue weighted by Gasteiger charge is 2.18. The average Bonchev–Trinajstić information content (AvgIpc) is 3.31. The standard InChI is InChI=1S/C25H24N6O3S2/c1-36(32,33)31(10-9-26)21-4-2-3-18(15-21)22-17-35-23-16-27-25(29-24(22)23)28-19-5-7-20(8-6-19)30-11-13-34-14-12-30/h2-8,15-17H,10-14H2,1H3,(H,27,28,29). The number of hydrogen-bond donors (Lipinski definition) is 1. The highest BCUT2D eigenvalue weighted by molar-refractivity contribution is 7.92. The lowest BCUT2D eigenvalue weighted by atomic mass is 10.1. The topological polar surface area (TPSA) is 111 Å². The molecule has 0 spiro atoms. The Kier molecular flexibility index (Phi) is 6.73. The smallest absolute Gasteiger partial charge is 0.233 e. The number of ether oxygens (including phenoxy) is 1. The fourth-order valence-electron chi connectivity index (χ4n) is 4.09. The molecule has 0 unspecified atom stereocenters. The van der Waals surface area contributed by atoms with Gasteiger partial charge in [0.15, 0.2) is 0 Å². The summed E-state index contributed by atoms with van der Waals surface area (Å²) < 4.78 is 31.8. The first-order valence-corrected chi connectivity index (χ1v) is 14.0. The first-order valence-electron chi connectivity index (χ1n) is 11.3. The van der Waals surface area contributed by atoms with Crippen molar-refractivity contribution < 1.29 is 13.2 Å². The van der Waals surface area contributed by atoms with Gasteiger partial charge in [0.25, 0.3) is 0 Å². The molecule has 184 valence electrons. The number of nitrogens with zero attached hydrogens (tertiary/aromatic N) is 5. The molecular formula is C25H24N6O3S2. The van der Waals surface area contributed by atoms with E-state index in [-0.39, 0.29) is 6.54 Å². The van der Waals surface area contributed by atoms with Gasteiger partial charge in [-0.05, 0) is 42.0 Å². The van der Waals surface area contributed by atoms with Crippen molar-refractivity contribution >= 4 is 54.6 Å². The van der Waals surface area contributed by atoms with E-state index in [4.69, 9.17) is 15.0 Å². The van der Waals surface area contributed by atoms with Gasteiger partial charge >= 0.3 is 0 Å². The number of benzene rings is 2. The molecule has 0 atom stereocenters. The maximum absolute atomic E-state index is 12.2. The maximum Gasteiger partial charge on any atom is 0.233 e. The minimum absolute atomic E-state index is 0.257. The van der Waals surface area contributed by atoms with Crippen molar-refractivity contribution in [2.75, 3.05) is 53.6 Å². The number of fused-ring (bicyclic) bond motifs is 1. The fraction of sp³-hybridized carbons (Fsp3) is 0.240. The molecule has 0 amide bonds. The zero-order valence-electron chi connectivity index (χ0n) is 19.6. The van der Waals surface area contributed by atoms with Crippen molar-refractivity contribution in [3.8, 4) is 17.2 Å². The van der Waals surface area contributed by atoms with Crippen LogP contribution < -0.4 is 14.5 Å². The number of rotatable bonds is 7. The fourth-order valence-corrected chi connectivity index (χ4v) is 5.75. The molecular weight excluding hydrogens is 496 g/mol. The molecule has 1 fully saturated rings. The minimum atomic E-state index is -3.59.